The second-order valence-electron chi connectivity index (χ2n) is 2.27. The monoisotopic (exact) mass is 198 g/mol. The highest BCUT2D eigenvalue weighted by Crippen LogP contribution is 1.98. The maximum atomic E-state index is 11.0. The van der Waals surface area contributed by atoms with E-state index in [0.29, 0.717) is 6.29 Å². The van der Waals surface area contributed by atoms with Gasteiger partial charge in [-0.1, -0.05) is 12.7 Å². The van der Waals surface area contributed by atoms with Gasteiger partial charge in [-0.15, -0.1) is 0 Å². The smallest absolute Gasteiger partial charge is 0.303 e. The molecule has 76 valence electrons. The van der Waals surface area contributed by atoms with Crippen LogP contribution in [-0.4, -0.2) is 18.2 Å². The number of hydrogen-bond acceptors (Lipinski definition) is 5. The number of aldehydes is 1. The van der Waals surface area contributed by atoms with Crippen LogP contribution in [0.15, 0.2) is 24.3 Å². The van der Waals surface area contributed by atoms with E-state index in [1.54, 1.807) is 0 Å². The summed E-state index contributed by atoms with van der Waals surface area (Å²) in [5.74, 6) is -1.68. The van der Waals surface area contributed by atoms with Gasteiger partial charge in [0.15, 0.2) is 0 Å². The standard InChI is InChI=1S/C9H10O5/c1-3-8(11)13-14-9(12)7(2)5-4-6-10/h3,5-6H,1,4H2,2H3/b7-5+. The van der Waals surface area contributed by atoms with Crippen molar-refractivity contribution in [1.29, 1.82) is 0 Å². The van der Waals surface area contributed by atoms with Crippen LogP contribution in [-0.2, 0) is 24.2 Å². The third kappa shape index (κ3) is 4.87. The predicted molar refractivity (Wildman–Crippen MR) is 46.8 cm³/mol. The second-order valence-corrected chi connectivity index (χ2v) is 2.27. The zero-order chi connectivity index (χ0) is 11.0. The summed E-state index contributed by atoms with van der Waals surface area (Å²) in [6.07, 6.45) is 2.96. The zero-order valence-electron chi connectivity index (χ0n) is 7.69. The van der Waals surface area contributed by atoms with Gasteiger partial charge < -0.3 is 4.79 Å². The topological polar surface area (TPSA) is 69.7 Å². The fraction of sp³-hybridized carbons (Fsp3) is 0.222. The Morgan fingerprint density at radius 3 is 2.50 bits per heavy atom. The van der Waals surface area contributed by atoms with E-state index in [0.717, 1.165) is 6.08 Å². The fourth-order valence-corrected chi connectivity index (χ4v) is 0.487. The highest BCUT2D eigenvalue weighted by molar-refractivity contribution is 5.89. The molecule has 0 aliphatic carbocycles. The molecule has 0 aromatic heterocycles. The number of carbonyl (C=O) groups is 3. The van der Waals surface area contributed by atoms with Gasteiger partial charge in [-0.3, -0.25) is 0 Å². The molecular formula is C9H10O5. The molecule has 0 amide bonds. The molecule has 0 bridgehead atoms. The van der Waals surface area contributed by atoms with E-state index in [2.05, 4.69) is 16.4 Å². The van der Waals surface area contributed by atoms with E-state index in [-0.39, 0.29) is 12.0 Å². The van der Waals surface area contributed by atoms with Crippen LogP contribution in [0.3, 0.4) is 0 Å². The summed E-state index contributed by atoms with van der Waals surface area (Å²) in [7, 11) is 0. The van der Waals surface area contributed by atoms with Crippen molar-refractivity contribution >= 4 is 18.2 Å². The van der Waals surface area contributed by atoms with Gasteiger partial charge in [-0.2, -0.15) is 0 Å². The van der Waals surface area contributed by atoms with Crippen molar-refractivity contribution in [3.63, 3.8) is 0 Å². The van der Waals surface area contributed by atoms with Crippen LogP contribution in [0, 0.1) is 0 Å². The Morgan fingerprint density at radius 1 is 1.36 bits per heavy atom. The summed E-state index contributed by atoms with van der Waals surface area (Å²) in [6, 6.07) is 0. The molecule has 0 spiro atoms. The Bertz CT molecular complexity index is 277. The van der Waals surface area contributed by atoms with Gasteiger partial charge in [0.25, 0.3) is 0 Å². The van der Waals surface area contributed by atoms with Crippen molar-refractivity contribution in [3.05, 3.63) is 24.3 Å². The lowest BCUT2D eigenvalue weighted by atomic mass is 10.2. The first-order chi connectivity index (χ1) is 6.61. The minimum atomic E-state index is -0.860. The number of hydrogen-bond donors (Lipinski definition) is 0. The first-order valence-corrected chi connectivity index (χ1v) is 3.77. The fourth-order valence-electron chi connectivity index (χ4n) is 0.487. The molecule has 0 saturated heterocycles. The van der Waals surface area contributed by atoms with Crippen LogP contribution in [0.25, 0.3) is 0 Å². The zero-order valence-corrected chi connectivity index (χ0v) is 7.69. The number of rotatable bonds is 4. The van der Waals surface area contributed by atoms with Crippen molar-refractivity contribution in [1.82, 2.24) is 0 Å². The Morgan fingerprint density at radius 2 is 2.00 bits per heavy atom. The molecule has 0 heterocycles. The predicted octanol–water partition coefficient (Wildman–Crippen LogP) is 0.709. The number of allylic oxidation sites excluding steroid dienone is 1. The molecule has 14 heavy (non-hydrogen) atoms. The molecule has 0 aromatic rings. The van der Waals surface area contributed by atoms with Gasteiger partial charge in [-0.25, -0.2) is 19.4 Å². The van der Waals surface area contributed by atoms with Crippen LogP contribution in [0.2, 0.25) is 0 Å². The largest absolute Gasteiger partial charge is 0.381 e. The van der Waals surface area contributed by atoms with Crippen molar-refractivity contribution in [3.8, 4) is 0 Å². The summed E-state index contributed by atoms with van der Waals surface area (Å²) in [6.45, 7) is 4.54. The minimum Gasteiger partial charge on any atom is -0.303 e. The van der Waals surface area contributed by atoms with E-state index in [1.807, 2.05) is 0 Å². The van der Waals surface area contributed by atoms with Gasteiger partial charge in [0.05, 0.1) is 0 Å². The summed E-state index contributed by atoms with van der Waals surface area (Å²) < 4.78 is 0. The molecule has 0 saturated carbocycles. The lowest BCUT2D eigenvalue weighted by Gasteiger charge is -1.99. The highest BCUT2D eigenvalue weighted by Gasteiger charge is 2.08. The van der Waals surface area contributed by atoms with E-state index in [9.17, 15) is 14.4 Å². The lowest BCUT2D eigenvalue weighted by Crippen LogP contribution is -2.10. The van der Waals surface area contributed by atoms with Gasteiger partial charge in [-0.05, 0) is 6.92 Å². The van der Waals surface area contributed by atoms with Crippen LogP contribution in [0.5, 0.6) is 0 Å². The SMILES string of the molecule is C=CC(=O)OOC(=O)/C(C)=C/CC=O. The maximum absolute atomic E-state index is 11.0. The second kappa shape index (κ2) is 6.59. The van der Waals surface area contributed by atoms with Crippen molar-refractivity contribution in [2.24, 2.45) is 0 Å². The third-order valence-electron chi connectivity index (χ3n) is 1.21. The molecule has 5 heteroatoms. The summed E-state index contributed by atoms with van der Waals surface area (Å²) in [5, 5.41) is 0. The molecular weight excluding hydrogens is 188 g/mol. The van der Waals surface area contributed by atoms with Crippen LogP contribution >= 0.6 is 0 Å². The molecule has 0 aliphatic heterocycles. The summed E-state index contributed by atoms with van der Waals surface area (Å²) >= 11 is 0. The van der Waals surface area contributed by atoms with Crippen molar-refractivity contribution in [2.45, 2.75) is 13.3 Å². The molecule has 0 atom stereocenters. The van der Waals surface area contributed by atoms with E-state index >= 15 is 0 Å². The van der Waals surface area contributed by atoms with Crippen LogP contribution in [0.4, 0.5) is 0 Å². The molecule has 0 unspecified atom stereocenters. The maximum Gasteiger partial charge on any atom is 0.381 e. The first kappa shape index (κ1) is 12.1. The van der Waals surface area contributed by atoms with Crippen molar-refractivity contribution in [2.75, 3.05) is 0 Å². The average Bonchev–Trinajstić information content (AvgIpc) is 2.21. The molecule has 0 rings (SSSR count). The molecule has 0 radical (unpaired) electrons. The molecule has 0 aliphatic rings. The Hall–Kier alpha value is -1.91. The molecule has 5 nitrogen and oxygen atoms in total. The van der Waals surface area contributed by atoms with Gasteiger partial charge in [0.1, 0.15) is 6.29 Å². The quantitative estimate of drug-likeness (QED) is 0.288. The molecule has 0 aromatic carbocycles. The van der Waals surface area contributed by atoms with Gasteiger partial charge in [0, 0.05) is 18.1 Å². The Kier molecular flexibility index (Phi) is 5.69. The lowest BCUT2D eigenvalue weighted by molar-refractivity contribution is -0.251. The number of carbonyl (C=O) groups excluding carboxylic acids is 3. The van der Waals surface area contributed by atoms with E-state index < -0.39 is 11.9 Å². The van der Waals surface area contributed by atoms with E-state index in [4.69, 9.17) is 0 Å². The normalized spacial score (nSPS) is 10.2. The molecule has 0 fully saturated rings. The van der Waals surface area contributed by atoms with Gasteiger partial charge >= 0.3 is 11.9 Å². The van der Waals surface area contributed by atoms with Gasteiger partial charge in [0.2, 0.25) is 0 Å². The Labute approximate surface area is 80.9 Å². The average molecular weight is 198 g/mol. The Balaban J connectivity index is 4.01. The third-order valence-corrected chi connectivity index (χ3v) is 1.21. The molecule has 0 N–H and O–H groups in total. The van der Waals surface area contributed by atoms with E-state index in [1.165, 1.54) is 13.0 Å². The minimum absolute atomic E-state index is 0.107. The van der Waals surface area contributed by atoms with Crippen LogP contribution < -0.4 is 0 Å². The van der Waals surface area contributed by atoms with Crippen LogP contribution in [0.1, 0.15) is 13.3 Å². The van der Waals surface area contributed by atoms with Crippen molar-refractivity contribution < 1.29 is 24.2 Å². The summed E-state index contributed by atoms with van der Waals surface area (Å²) in [5.41, 5.74) is 0.189. The first-order valence-electron chi connectivity index (χ1n) is 3.77. The highest BCUT2D eigenvalue weighted by atomic mass is 17.2. The summed E-state index contributed by atoms with van der Waals surface area (Å²) in [4.78, 5) is 39.5.